The van der Waals surface area contributed by atoms with E-state index >= 15 is 0 Å². The molecule has 0 saturated heterocycles. The smallest absolute Gasteiger partial charge is 0.320 e. The standard InChI is InChI=1S/C18H22O4/c1-12(2)5-4-6-13-7-8-14-16(20)15(19)9-10-18(14,11-13)17(21)22-3/h5,7,9-10,20H,4,6,8,11H2,1-3H3. The zero-order chi connectivity index (χ0) is 16.3. The largest absolute Gasteiger partial charge is 0.504 e. The van der Waals surface area contributed by atoms with E-state index in [0.717, 1.165) is 18.4 Å². The second kappa shape index (κ2) is 6.34. The Balaban J connectivity index is 2.32. The summed E-state index contributed by atoms with van der Waals surface area (Å²) in [5.41, 5.74) is 1.85. The molecule has 1 unspecified atom stereocenters. The second-order valence-corrected chi connectivity index (χ2v) is 6.05. The highest BCUT2D eigenvalue weighted by Gasteiger charge is 2.47. The van der Waals surface area contributed by atoms with Crippen molar-refractivity contribution in [2.45, 2.75) is 39.5 Å². The first-order chi connectivity index (χ1) is 10.4. The van der Waals surface area contributed by atoms with Crippen LogP contribution in [0.15, 0.2) is 46.8 Å². The van der Waals surface area contributed by atoms with E-state index in [0.29, 0.717) is 18.4 Å². The molecular formula is C18H22O4. The lowest BCUT2D eigenvalue weighted by Gasteiger charge is -2.36. The van der Waals surface area contributed by atoms with Gasteiger partial charge in [-0.1, -0.05) is 29.4 Å². The fourth-order valence-electron chi connectivity index (χ4n) is 3.06. The molecule has 0 radical (unpaired) electrons. The van der Waals surface area contributed by atoms with Crippen LogP contribution in [-0.2, 0) is 14.3 Å². The number of hydrogen-bond acceptors (Lipinski definition) is 4. The van der Waals surface area contributed by atoms with Crippen molar-refractivity contribution in [1.29, 1.82) is 0 Å². The van der Waals surface area contributed by atoms with Crippen LogP contribution in [0, 0.1) is 5.41 Å². The van der Waals surface area contributed by atoms with Gasteiger partial charge in [0.15, 0.2) is 5.76 Å². The first kappa shape index (κ1) is 16.3. The molecular weight excluding hydrogens is 280 g/mol. The summed E-state index contributed by atoms with van der Waals surface area (Å²) in [7, 11) is 1.33. The molecule has 0 spiro atoms. The Morgan fingerprint density at radius 3 is 2.82 bits per heavy atom. The Kier molecular flexibility index (Phi) is 4.69. The summed E-state index contributed by atoms with van der Waals surface area (Å²) in [6.07, 6.45) is 9.67. The lowest BCUT2D eigenvalue weighted by Crippen LogP contribution is -2.38. The number of methoxy groups -OCH3 is 1. The molecule has 0 amide bonds. The average molecular weight is 302 g/mol. The van der Waals surface area contributed by atoms with Crippen molar-refractivity contribution in [2.24, 2.45) is 5.41 Å². The van der Waals surface area contributed by atoms with Crippen LogP contribution in [0.1, 0.15) is 39.5 Å². The molecule has 0 fully saturated rings. The Bertz CT molecular complexity index is 615. The molecule has 4 nitrogen and oxygen atoms in total. The monoisotopic (exact) mass is 302 g/mol. The first-order valence-corrected chi connectivity index (χ1v) is 7.46. The van der Waals surface area contributed by atoms with Gasteiger partial charge in [0, 0.05) is 5.57 Å². The number of carbonyl (C=O) groups is 2. The molecule has 0 aliphatic heterocycles. The minimum absolute atomic E-state index is 0.313. The van der Waals surface area contributed by atoms with Gasteiger partial charge >= 0.3 is 5.97 Å². The zero-order valence-corrected chi connectivity index (χ0v) is 13.3. The number of rotatable bonds is 4. The molecule has 0 aromatic heterocycles. The van der Waals surface area contributed by atoms with Crippen molar-refractivity contribution in [3.8, 4) is 0 Å². The third-order valence-corrected chi connectivity index (χ3v) is 4.25. The highest BCUT2D eigenvalue weighted by Crippen LogP contribution is 2.47. The van der Waals surface area contributed by atoms with E-state index < -0.39 is 17.2 Å². The zero-order valence-electron chi connectivity index (χ0n) is 13.3. The lowest BCUT2D eigenvalue weighted by molar-refractivity contribution is -0.148. The first-order valence-electron chi connectivity index (χ1n) is 7.46. The van der Waals surface area contributed by atoms with E-state index in [1.54, 1.807) is 6.08 Å². The summed E-state index contributed by atoms with van der Waals surface area (Å²) >= 11 is 0. The van der Waals surface area contributed by atoms with E-state index in [4.69, 9.17) is 4.74 Å². The topological polar surface area (TPSA) is 63.6 Å². The van der Waals surface area contributed by atoms with Gasteiger partial charge in [0.2, 0.25) is 5.78 Å². The predicted octanol–water partition coefficient (Wildman–Crippen LogP) is 3.56. The van der Waals surface area contributed by atoms with Crippen LogP contribution >= 0.6 is 0 Å². The maximum Gasteiger partial charge on any atom is 0.320 e. The lowest BCUT2D eigenvalue weighted by atomic mass is 9.66. The van der Waals surface area contributed by atoms with Gasteiger partial charge in [0.05, 0.1) is 7.11 Å². The highest BCUT2D eigenvalue weighted by atomic mass is 16.5. The normalized spacial score (nSPS) is 23.8. The minimum atomic E-state index is -1.03. The number of aliphatic hydroxyl groups is 1. The van der Waals surface area contributed by atoms with Gasteiger partial charge in [0.1, 0.15) is 5.41 Å². The number of allylic oxidation sites excluding steroid dienone is 5. The number of ether oxygens (including phenoxy) is 1. The molecule has 2 aliphatic carbocycles. The van der Waals surface area contributed by atoms with Gasteiger partial charge in [-0.2, -0.15) is 0 Å². The quantitative estimate of drug-likeness (QED) is 0.637. The van der Waals surface area contributed by atoms with Gasteiger partial charge < -0.3 is 9.84 Å². The fraction of sp³-hybridized carbons (Fsp3) is 0.444. The van der Waals surface area contributed by atoms with Crippen LogP contribution in [0.5, 0.6) is 0 Å². The number of esters is 1. The minimum Gasteiger partial charge on any atom is -0.504 e. The third kappa shape index (κ3) is 2.91. The van der Waals surface area contributed by atoms with E-state index in [1.807, 2.05) is 6.08 Å². The number of ketones is 1. The molecule has 2 aliphatic rings. The maximum atomic E-state index is 12.3. The van der Waals surface area contributed by atoms with Gasteiger partial charge in [0.25, 0.3) is 0 Å². The molecule has 0 heterocycles. The van der Waals surface area contributed by atoms with Crippen molar-refractivity contribution in [3.63, 3.8) is 0 Å². The van der Waals surface area contributed by atoms with Crippen LogP contribution in [0.2, 0.25) is 0 Å². The van der Waals surface area contributed by atoms with Crippen LogP contribution in [0.4, 0.5) is 0 Å². The number of fused-ring (bicyclic) bond motifs is 1. The third-order valence-electron chi connectivity index (χ3n) is 4.25. The van der Waals surface area contributed by atoms with E-state index in [9.17, 15) is 14.7 Å². The van der Waals surface area contributed by atoms with Crippen LogP contribution < -0.4 is 0 Å². The van der Waals surface area contributed by atoms with Crippen molar-refractivity contribution in [2.75, 3.05) is 7.11 Å². The average Bonchev–Trinajstić information content (AvgIpc) is 2.50. The summed E-state index contributed by atoms with van der Waals surface area (Å²) in [5.74, 6) is -1.19. The molecule has 4 heteroatoms. The van der Waals surface area contributed by atoms with Crippen molar-refractivity contribution >= 4 is 11.8 Å². The van der Waals surface area contributed by atoms with Gasteiger partial charge in [-0.15, -0.1) is 0 Å². The van der Waals surface area contributed by atoms with Gasteiger partial charge in [-0.05, 0) is 45.6 Å². The van der Waals surface area contributed by atoms with Crippen molar-refractivity contribution in [3.05, 3.63) is 46.8 Å². The Morgan fingerprint density at radius 2 is 2.18 bits per heavy atom. The van der Waals surface area contributed by atoms with E-state index in [2.05, 4.69) is 19.9 Å². The summed E-state index contributed by atoms with van der Waals surface area (Å²) < 4.78 is 4.94. The summed E-state index contributed by atoms with van der Waals surface area (Å²) in [5, 5.41) is 10.0. The van der Waals surface area contributed by atoms with Crippen molar-refractivity contribution in [1.82, 2.24) is 0 Å². The summed E-state index contributed by atoms with van der Waals surface area (Å²) in [4.78, 5) is 24.0. The number of hydrogen-bond donors (Lipinski definition) is 1. The molecule has 0 aromatic carbocycles. The molecule has 1 N–H and O–H groups in total. The molecule has 118 valence electrons. The van der Waals surface area contributed by atoms with Crippen LogP contribution in [0.25, 0.3) is 0 Å². The van der Waals surface area contributed by atoms with Crippen molar-refractivity contribution < 1.29 is 19.4 Å². The molecule has 1 atom stereocenters. The Labute approximate surface area is 130 Å². The van der Waals surface area contributed by atoms with Crippen LogP contribution in [0.3, 0.4) is 0 Å². The molecule has 22 heavy (non-hydrogen) atoms. The maximum absolute atomic E-state index is 12.3. The molecule has 0 bridgehead atoms. The highest BCUT2D eigenvalue weighted by molar-refractivity contribution is 6.06. The number of carbonyl (C=O) groups excluding carboxylic acids is 2. The fourth-order valence-corrected chi connectivity index (χ4v) is 3.06. The molecule has 2 rings (SSSR count). The second-order valence-electron chi connectivity index (χ2n) is 6.05. The van der Waals surface area contributed by atoms with E-state index in [1.165, 1.54) is 18.8 Å². The van der Waals surface area contributed by atoms with Crippen LogP contribution in [-0.4, -0.2) is 24.0 Å². The summed E-state index contributed by atoms with van der Waals surface area (Å²) in [6, 6.07) is 0. The molecule has 0 aromatic rings. The van der Waals surface area contributed by atoms with E-state index in [-0.39, 0.29) is 5.76 Å². The van der Waals surface area contributed by atoms with Gasteiger partial charge in [-0.3, -0.25) is 9.59 Å². The Morgan fingerprint density at radius 1 is 1.45 bits per heavy atom. The van der Waals surface area contributed by atoms with Gasteiger partial charge in [-0.25, -0.2) is 0 Å². The SMILES string of the molecule is COC(=O)C12C=CC(=O)C(O)=C1CC=C(CCC=C(C)C)C2. The predicted molar refractivity (Wildman–Crippen MR) is 84.2 cm³/mol. The number of aliphatic hydroxyl groups excluding tert-OH is 1. The Hall–Kier alpha value is -2.10. The summed E-state index contributed by atoms with van der Waals surface area (Å²) in [6.45, 7) is 4.11. The molecule has 0 saturated carbocycles.